The van der Waals surface area contributed by atoms with Crippen LogP contribution in [0.4, 0.5) is 4.79 Å². The number of hydrogen-bond acceptors (Lipinski definition) is 8. The summed E-state index contributed by atoms with van der Waals surface area (Å²) in [4.78, 5) is 59.2. The van der Waals surface area contributed by atoms with Gasteiger partial charge in [0.2, 0.25) is 17.6 Å². The summed E-state index contributed by atoms with van der Waals surface area (Å²) >= 11 is 1.47. The van der Waals surface area contributed by atoms with Crippen LogP contribution in [0.5, 0.6) is 0 Å². The van der Waals surface area contributed by atoms with Crippen molar-refractivity contribution >= 4 is 46.6 Å². The number of ketones is 1. The Labute approximate surface area is 243 Å². The molecule has 41 heavy (non-hydrogen) atoms. The van der Waals surface area contributed by atoms with Crippen LogP contribution in [0.3, 0.4) is 0 Å². The lowest BCUT2D eigenvalue weighted by molar-refractivity contribution is -0.137. The highest BCUT2D eigenvalue weighted by Crippen LogP contribution is 2.24. The van der Waals surface area contributed by atoms with Gasteiger partial charge in [-0.3, -0.25) is 14.4 Å². The molecule has 11 heteroatoms. The van der Waals surface area contributed by atoms with Gasteiger partial charge in [0.1, 0.15) is 29.2 Å². The third-order valence-corrected chi connectivity index (χ3v) is 7.51. The van der Waals surface area contributed by atoms with Crippen molar-refractivity contribution in [2.75, 3.05) is 11.6 Å². The number of rotatable bonds is 9. The Morgan fingerprint density at radius 2 is 1.76 bits per heavy atom. The Kier molecular flexibility index (Phi) is 9.37. The van der Waals surface area contributed by atoms with Crippen molar-refractivity contribution in [2.45, 2.75) is 58.8 Å². The van der Waals surface area contributed by atoms with Crippen LogP contribution in [0.2, 0.25) is 0 Å². The minimum atomic E-state index is -1.13. The van der Waals surface area contributed by atoms with Crippen LogP contribution in [0, 0.1) is 11.8 Å². The second-order valence-electron chi connectivity index (χ2n) is 11.3. The fraction of sp³-hybridized carbons (Fsp3) is 0.433. The van der Waals surface area contributed by atoms with E-state index in [0.717, 1.165) is 5.56 Å². The average molecular weight is 581 g/mol. The summed E-state index contributed by atoms with van der Waals surface area (Å²) in [6, 6.07) is 15.4. The van der Waals surface area contributed by atoms with E-state index in [1.807, 2.05) is 44.2 Å². The normalized spacial score (nSPS) is 16.8. The number of thioether (sulfide) groups is 1. The largest absolute Gasteiger partial charge is 0.444 e. The van der Waals surface area contributed by atoms with Gasteiger partial charge in [0, 0.05) is 5.75 Å². The molecule has 0 aliphatic carbocycles. The summed E-state index contributed by atoms with van der Waals surface area (Å²) in [5.41, 5.74) is 1.06. The summed E-state index contributed by atoms with van der Waals surface area (Å²) < 4.78 is 11.0. The van der Waals surface area contributed by atoms with Crippen molar-refractivity contribution < 1.29 is 28.3 Å². The zero-order chi connectivity index (χ0) is 29.7. The number of oxazole rings is 1. The Morgan fingerprint density at radius 3 is 2.41 bits per heavy atom. The number of carbonyl (C=O) groups is 4. The highest BCUT2D eigenvalue weighted by Gasteiger charge is 2.39. The summed E-state index contributed by atoms with van der Waals surface area (Å²) in [6.45, 7) is 8.89. The standard InChI is InChI=1S/C30H36N4O6S/c1-18(2)24(33-29(38)40-30(3,4)5)28(37)34-17-41-16-23(34)32-26(36)20(15-19-11-7-6-8-12-19)25(35)27-31-21-13-9-10-14-22(21)39-27/h6-14,18,20,23-24H,15-17H2,1-5H3,(H,32,36)(H,33,38)/t20-,23+,24-/m0/s1. The predicted molar refractivity (Wildman–Crippen MR) is 156 cm³/mol. The molecule has 4 rings (SSSR count). The molecule has 3 aromatic rings. The van der Waals surface area contributed by atoms with Crippen molar-refractivity contribution in [2.24, 2.45) is 11.8 Å². The molecule has 2 heterocycles. The Bertz CT molecular complexity index is 1370. The van der Waals surface area contributed by atoms with E-state index < -0.39 is 41.5 Å². The lowest BCUT2D eigenvalue weighted by atomic mass is 9.94. The molecule has 0 unspecified atom stereocenters. The van der Waals surface area contributed by atoms with Crippen LogP contribution >= 0.6 is 11.8 Å². The molecule has 1 fully saturated rings. The number of benzene rings is 2. The zero-order valence-corrected chi connectivity index (χ0v) is 24.7. The van der Waals surface area contributed by atoms with Crippen LogP contribution in [-0.4, -0.2) is 63.0 Å². The first-order valence-corrected chi connectivity index (χ1v) is 14.7. The average Bonchev–Trinajstić information content (AvgIpc) is 3.56. The zero-order valence-electron chi connectivity index (χ0n) is 23.9. The highest BCUT2D eigenvalue weighted by atomic mass is 32.2. The maximum Gasteiger partial charge on any atom is 0.408 e. The van der Waals surface area contributed by atoms with Gasteiger partial charge >= 0.3 is 6.09 Å². The molecule has 1 saturated heterocycles. The van der Waals surface area contributed by atoms with Gasteiger partial charge in [-0.2, -0.15) is 0 Å². The number of ether oxygens (including phenoxy) is 1. The first-order chi connectivity index (χ1) is 19.4. The molecule has 2 aromatic carbocycles. The van der Waals surface area contributed by atoms with E-state index in [2.05, 4.69) is 15.6 Å². The van der Waals surface area contributed by atoms with Crippen molar-refractivity contribution in [1.82, 2.24) is 20.5 Å². The third-order valence-electron chi connectivity index (χ3n) is 6.50. The molecule has 218 valence electrons. The summed E-state index contributed by atoms with van der Waals surface area (Å²) in [7, 11) is 0. The molecule has 3 atom stereocenters. The summed E-state index contributed by atoms with van der Waals surface area (Å²) in [5, 5.41) is 5.59. The van der Waals surface area contributed by atoms with Crippen LogP contribution in [-0.2, 0) is 20.7 Å². The number of fused-ring (bicyclic) bond motifs is 1. The molecular formula is C30H36N4O6S. The maximum atomic E-state index is 13.7. The van der Waals surface area contributed by atoms with E-state index in [0.29, 0.717) is 22.7 Å². The number of carbonyl (C=O) groups excluding carboxylic acids is 4. The molecule has 3 amide bonds. The third kappa shape index (κ3) is 7.66. The number of hydrogen-bond donors (Lipinski definition) is 2. The van der Waals surface area contributed by atoms with Crippen LogP contribution in [0.25, 0.3) is 11.1 Å². The summed E-state index contributed by atoms with van der Waals surface area (Å²) in [5.74, 6) is -2.17. The van der Waals surface area contributed by atoms with Crippen LogP contribution in [0.1, 0.15) is 50.9 Å². The van der Waals surface area contributed by atoms with E-state index in [4.69, 9.17) is 9.15 Å². The molecule has 10 nitrogen and oxygen atoms in total. The Balaban J connectivity index is 1.53. The smallest absolute Gasteiger partial charge is 0.408 e. The predicted octanol–water partition coefficient (Wildman–Crippen LogP) is 4.39. The minimum Gasteiger partial charge on any atom is -0.444 e. The Morgan fingerprint density at radius 1 is 1.07 bits per heavy atom. The van der Waals surface area contributed by atoms with Crippen molar-refractivity contribution in [3.8, 4) is 0 Å². The Hall–Kier alpha value is -3.86. The topological polar surface area (TPSA) is 131 Å². The van der Waals surface area contributed by atoms with E-state index in [1.54, 1.807) is 45.0 Å². The molecule has 0 spiro atoms. The number of alkyl carbamates (subject to hydrolysis) is 1. The fourth-order valence-electron chi connectivity index (χ4n) is 4.45. The molecule has 1 aliphatic heterocycles. The van der Waals surface area contributed by atoms with Crippen molar-refractivity contribution in [1.29, 1.82) is 0 Å². The lowest BCUT2D eigenvalue weighted by Gasteiger charge is -2.32. The number of nitrogens with zero attached hydrogens (tertiary/aromatic N) is 2. The number of Topliss-reactive ketones (excluding diaryl/α,β-unsaturated/α-hetero) is 1. The van der Waals surface area contributed by atoms with E-state index in [1.165, 1.54) is 16.7 Å². The SMILES string of the molecule is CC(C)[C@H](NC(=O)OC(C)(C)C)C(=O)N1CSC[C@@H]1NC(=O)[C@@H](Cc1ccccc1)C(=O)c1nc2ccccc2o1. The van der Waals surface area contributed by atoms with Gasteiger partial charge in [-0.15, -0.1) is 11.8 Å². The fourth-order valence-corrected chi connectivity index (χ4v) is 5.55. The molecule has 0 radical (unpaired) electrons. The van der Waals surface area contributed by atoms with Gasteiger partial charge in [-0.1, -0.05) is 56.3 Å². The number of amides is 3. The lowest BCUT2D eigenvalue weighted by Crippen LogP contribution is -2.57. The minimum absolute atomic E-state index is 0.132. The van der Waals surface area contributed by atoms with Gasteiger partial charge < -0.3 is 24.7 Å². The van der Waals surface area contributed by atoms with Gasteiger partial charge in [0.25, 0.3) is 5.89 Å². The van der Waals surface area contributed by atoms with Gasteiger partial charge in [0.05, 0.1) is 5.88 Å². The van der Waals surface area contributed by atoms with Crippen molar-refractivity contribution in [3.63, 3.8) is 0 Å². The van der Waals surface area contributed by atoms with Crippen molar-refractivity contribution in [3.05, 3.63) is 66.1 Å². The van der Waals surface area contributed by atoms with Gasteiger partial charge in [-0.25, -0.2) is 9.78 Å². The molecule has 0 bridgehead atoms. The van der Waals surface area contributed by atoms with E-state index in [-0.39, 0.29) is 24.1 Å². The van der Waals surface area contributed by atoms with Crippen LogP contribution in [0.15, 0.2) is 59.0 Å². The van der Waals surface area contributed by atoms with Gasteiger partial charge in [-0.05, 0) is 50.8 Å². The monoisotopic (exact) mass is 580 g/mol. The van der Waals surface area contributed by atoms with Gasteiger partial charge in [0.15, 0.2) is 5.58 Å². The highest BCUT2D eigenvalue weighted by molar-refractivity contribution is 7.99. The number of nitrogens with one attached hydrogen (secondary N) is 2. The second-order valence-corrected chi connectivity index (χ2v) is 12.3. The van der Waals surface area contributed by atoms with E-state index >= 15 is 0 Å². The molecule has 2 N–H and O–H groups in total. The quantitative estimate of drug-likeness (QED) is 0.281. The number of para-hydroxylation sites is 2. The molecule has 1 aliphatic rings. The van der Waals surface area contributed by atoms with Crippen LogP contribution < -0.4 is 10.6 Å². The molecule has 0 saturated carbocycles. The maximum absolute atomic E-state index is 13.7. The second kappa shape index (κ2) is 12.8. The first-order valence-electron chi connectivity index (χ1n) is 13.5. The number of aromatic nitrogens is 1. The summed E-state index contributed by atoms with van der Waals surface area (Å²) in [6.07, 6.45) is -1.23. The first kappa shape index (κ1) is 30.1. The molecular weight excluding hydrogens is 544 g/mol. The van der Waals surface area contributed by atoms with E-state index in [9.17, 15) is 19.2 Å². The molecule has 1 aromatic heterocycles.